The van der Waals surface area contributed by atoms with Crippen LogP contribution < -0.4 is 0 Å². The molecule has 1 aromatic rings. The van der Waals surface area contributed by atoms with Crippen LogP contribution in [0.5, 0.6) is 0 Å². The first-order chi connectivity index (χ1) is 6.20. The van der Waals surface area contributed by atoms with Gasteiger partial charge in [0, 0.05) is 32.9 Å². The van der Waals surface area contributed by atoms with Gasteiger partial charge in [-0.25, -0.2) is 0 Å². The number of pyridine rings is 1. The number of aryl methyl sites for hydroxylation is 1. The van der Waals surface area contributed by atoms with E-state index in [0.717, 1.165) is 12.0 Å². The van der Waals surface area contributed by atoms with E-state index in [1.807, 2.05) is 12.1 Å². The van der Waals surface area contributed by atoms with Crippen LogP contribution in [0.15, 0.2) is 24.5 Å². The second kappa shape index (κ2) is 4.60. The monoisotopic (exact) mass is 178 g/mol. The van der Waals surface area contributed by atoms with Gasteiger partial charge in [-0.15, -0.1) is 0 Å². The van der Waals surface area contributed by atoms with Gasteiger partial charge in [0.25, 0.3) is 0 Å². The molecule has 0 saturated heterocycles. The lowest BCUT2D eigenvalue weighted by Gasteiger charge is -2.09. The highest BCUT2D eigenvalue weighted by Gasteiger charge is 2.03. The van der Waals surface area contributed by atoms with Crippen molar-refractivity contribution in [3.05, 3.63) is 30.1 Å². The molecule has 70 valence electrons. The summed E-state index contributed by atoms with van der Waals surface area (Å²) in [6, 6.07) is 3.87. The fraction of sp³-hybridized carbons (Fsp3) is 0.400. The van der Waals surface area contributed by atoms with Gasteiger partial charge in [0.2, 0.25) is 5.91 Å². The summed E-state index contributed by atoms with van der Waals surface area (Å²) >= 11 is 0. The van der Waals surface area contributed by atoms with E-state index in [0.29, 0.717) is 6.42 Å². The van der Waals surface area contributed by atoms with Crippen molar-refractivity contribution < 1.29 is 4.79 Å². The first kappa shape index (κ1) is 9.71. The van der Waals surface area contributed by atoms with E-state index in [1.165, 1.54) is 0 Å². The van der Waals surface area contributed by atoms with Gasteiger partial charge in [-0.2, -0.15) is 0 Å². The molecule has 3 heteroatoms. The molecule has 0 fully saturated rings. The topological polar surface area (TPSA) is 33.2 Å². The maximum Gasteiger partial charge on any atom is 0.222 e. The summed E-state index contributed by atoms with van der Waals surface area (Å²) in [6.07, 6.45) is 4.85. The van der Waals surface area contributed by atoms with Crippen LogP contribution in [0.2, 0.25) is 0 Å². The predicted molar refractivity (Wildman–Crippen MR) is 51.3 cm³/mol. The average molecular weight is 178 g/mol. The maximum atomic E-state index is 11.2. The van der Waals surface area contributed by atoms with Gasteiger partial charge in [0.05, 0.1) is 0 Å². The first-order valence-corrected chi connectivity index (χ1v) is 4.29. The van der Waals surface area contributed by atoms with E-state index in [2.05, 4.69) is 4.98 Å². The minimum absolute atomic E-state index is 0.164. The Morgan fingerprint density at radius 1 is 1.38 bits per heavy atom. The molecule has 1 heterocycles. The van der Waals surface area contributed by atoms with E-state index in [1.54, 1.807) is 31.4 Å². The fourth-order valence-electron chi connectivity index (χ4n) is 1.02. The Hall–Kier alpha value is -1.38. The lowest BCUT2D eigenvalue weighted by Crippen LogP contribution is -2.21. The van der Waals surface area contributed by atoms with Crippen molar-refractivity contribution in [2.45, 2.75) is 12.8 Å². The third-order valence-corrected chi connectivity index (χ3v) is 1.88. The third-order valence-electron chi connectivity index (χ3n) is 1.88. The van der Waals surface area contributed by atoms with Gasteiger partial charge in [-0.3, -0.25) is 9.78 Å². The van der Waals surface area contributed by atoms with Crippen LogP contribution in [-0.2, 0) is 11.2 Å². The van der Waals surface area contributed by atoms with Crippen molar-refractivity contribution in [1.29, 1.82) is 0 Å². The zero-order valence-electron chi connectivity index (χ0n) is 8.03. The molecule has 0 saturated carbocycles. The van der Waals surface area contributed by atoms with Crippen LogP contribution in [-0.4, -0.2) is 29.9 Å². The van der Waals surface area contributed by atoms with E-state index in [9.17, 15) is 4.79 Å². The minimum Gasteiger partial charge on any atom is -0.349 e. The molecular weight excluding hydrogens is 164 g/mol. The van der Waals surface area contributed by atoms with Gasteiger partial charge in [-0.1, -0.05) is 0 Å². The van der Waals surface area contributed by atoms with Crippen LogP contribution in [0.3, 0.4) is 0 Å². The SMILES string of the molecule is CN(C)C(=O)CCc1ccncc1. The molecule has 1 rings (SSSR count). The molecule has 0 atom stereocenters. The van der Waals surface area contributed by atoms with Gasteiger partial charge >= 0.3 is 0 Å². The predicted octanol–water partition coefficient (Wildman–Crippen LogP) is 1.10. The lowest BCUT2D eigenvalue weighted by molar-refractivity contribution is -0.128. The molecule has 0 radical (unpaired) electrons. The zero-order valence-corrected chi connectivity index (χ0v) is 8.03. The average Bonchev–Trinajstić information content (AvgIpc) is 2.15. The third kappa shape index (κ3) is 3.23. The smallest absolute Gasteiger partial charge is 0.222 e. The number of carbonyl (C=O) groups excluding carboxylic acids is 1. The van der Waals surface area contributed by atoms with Crippen LogP contribution >= 0.6 is 0 Å². The van der Waals surface area contributed by atoms with Crippen molar-refractivity contribution in [2.24, 2.45) is 0 Å². The van der Waals surface area contributed by atoms with Crippen molar-refractivity contribution in [3.8, 4) is 0 Å². The highest BCUT2D eigenvalue weighted by molar-refractivity contribution is 5.75. The van der Waals surface area contributed by atoms with Gasteiger partial charge in [0.1, 0.15) is 0 Å². The first-order valence-electron chi connectivity index (χ1n) is 4.29. The van der Waals surface area contributed by atoms with Crippen molar-refractivity contribution in [3.63, 3.8) is 0 Å². The summed E-state index contributed by atoms with van der Waals surface area (Å²) < 4.78 is 0. The second-order valence-electron chi connectivity index (χ2n) is 3.14. The molecule has 13 heavy (non-hydrogen) atoms. The number of carbonyl (C=O) groups is 1. The fourth-order valence-corrected chi connectivity index (χ4v) is 1.02. The minimum atomic E-state index is 0.164. The number of amides is 1. The highest BCUT2D eigenvalue weighted by atomic mass is 16.2. The zero-order chi connectivity index (χ0) is 9.68. The van der Waals surface area contributed by atoms with E-state index >= 15 is 0 Å². The van der Waals surface area contributed by atoms with Crippen LogP contribution in [0.1, 0.15) is 12.0 Å². The van der Waals surface area contributed by atoms with E-state index in [-0.39, 0.29) is 5.91 Å². The molecule has 0 aromatic carbocycles. The molecule has 0 aliphatic heterocycles. The normalized spacial score (nSPS) is 9.69. The van der Waals surface area contributed by atoms with Gasteiger partial charge in [-0.05, 0) is 24.1 Å². The molecule has 1 aromatic heterocycles. The number of aromatic nitrogens is 1. The second-order valence-corrected chi connectivity index (χ2v) is 3.14. The Kier molecular flexibility index (Phi) is 3.43. The molecule has 0 bridgehead atoms. The van der Waals surface area contributed by atoms with E-state index in [4.69, 9.17) is 0 Å². The van der Waals surface area contributed by atoms with Crippen molar-refractivity contribution in [2.75, 3.05) is 14.1 Å². The molecule has 0 spiro atoms. The summed E-state index contributed by atoms with van der Waals surface area (Å²) in [7, 11) is 3.55. The molecule has 0 unspecified atom stereocenters. The van der Waals surface area contributed by atoms with E-state index < -0.39 is 0 Å². The Labute approximate surface area is 78.4 Å². The largest absolute Gasteiger partial charge is 0.349 e. The molecular formula is C10H14N2O. The number of hydrogen-bond acceptors (Lipinski definition) is 2. The molecule has 0 aliphatic rings. The summed E-state index contributed by atoms with van der Waals surface area (Å²) in [5.74, 6) is 0.164. The summed E-state index contributed by atoms with van der Waals surface area (Å²) in [5, 5.41) is 0. The lowest BCUT2D eigenvalue weighted by atomic mass is 10.1. The van der Waals surface area contributed by atoms with Gasteiger partial charge < -0.3 is 4.90 Å². The maximum absolute atomic E-state index is 11.2. The van der Waals surface area contributed by atoms with Crippen LogP contribution in [0.4, 0.5) is 0 Å². The summed E-state index contributed by atoms with van der Waals surface area (Å²) in [4.78, 5) is 16.8. The summed E-state index contributed by atoms with van der Waals surface area (Å²) in [5.41, 5.74) is 1.16. The molecule has 0 aliphatic carbocycles. The van der Waals surface area contributed by atoms with Crippen molar-refractivity contribution in [1.82, 2.24) is 9.88 Å². The van der Waals surface area contributed by atoms with Crippen molar-refractivity contribution >= 4 is 5.91 Å². The highest BCUT2D eigenvalue weighted by Crippen LogP contribution is 2.01. The number of nitrogens with zero attached hydrogens (tertiary/aromatic N) is 2. The molecule has 1 amide bonds. The molecule has 3 nitrogen and oxygen atoms in total. The quantitative estimate of drug-likeness (QED) is 0.694. The van der Waals surface area contributed by atoms with Gasteiger partial charge in [0.15, 0.2) is 0 Å². The van der Waals surface area contributed by atoms with Crippen LogP contribution in [0.25, 0.3) is 0 Å². The Balaban J connectivity index is 2.40. The Morgan fingerprint density at radius 3 is 2.54 bits per heavy atom. The Morgan fingerprint density at radius 2 is 2.00 bits per heavy atom. The Bertz CT molecular complexity index is 270. The summed E-state index contributed by atoms with van der Waals surface area (Å²) in [6.45, 7) is 0. The van der Waals surface area contributed by atoms with Crippen LogP contribution in [0, 0.1) is 0 Å². The number of hydrogen-bond donors (Lipinski definition) is 0. The molecule has 0 N–H and O–H groups in total. The standard InChI is InChI=1S/C10H14N2O/c1-12(2)10(13)4-3-9-5-7-11-8-6-9/h5-8H,3-4H2,1-2H3. The number of rotatable bonds is 3.